The molecule has 2 N–H and O–H groups in total. The number of halogens is 1. The van der Waals surface area contributed by atoms with Gasteiger partial charge in [-0.2, -0.15) is 11.3 Å². The van der Waals surface area contributed by atoms with Crippen LogP contribution in [0.25, 0.3) is 0 Å². The Hall–Kier alpha value is -1.36. The van der Waals surface area contributed by atoms with Gasteiger partial charge in [-0.3, -0.25) is 4.79 Å². The van der Waals surface area contributed by atoms with Gasteiger partial charge in [0.05, 0.1) is 6.04 Å². The minimum atomic E-state index is -0.0969. The van der Waals surface area contributed by atoms with Crippen LogP contribution in [-0.2, 0) is 4.79 Å². The van der Waals surface area contributed by atoms with E-state index in [0.29, 0.717) is 5.02 Å². The summed E-state index contributed by atoms with van der Waals surface area (Å²) in [4.78, 5) is 12.9. The van der Waals surface area contributed by atoms with Crippen LogP contribution in [0.2, 0.25) is 5.02 Å². The standard InChI is InChI=1S/C19H21ClN2OS/c20-15-3-1-13(2-4-15)17(14-5-10-24-12-14)22-18(23)16-11-19(16)6-8-21-9-7-19/h1-5,10,12,16-17,21H,6-9,11H2,(H,22,23). The molecule has 2 aliphatic rings. The molecule has 3 nitrogen and oxygen atoms in total. The smallest absolute Gasteiger partial charge is 0.224 e. The van der Waals surface area contributed by atoms with Crippen LogP contribution in [0, 0.1) is 11.3 Å². The van der Waals surface area contributed by atoms with Crippen LogP contribution in [0.4, 0.5) is 0 Å². The summed E-state index contributed by atoms with van der Waals surface area (Å²) in [5.74, 6) is 0.371. The molecule has 0 radical (unpaired) electrons. The summed E-state index contributed by atoms with van der Waals surface area (Å²) in [6.07, 6.45) is 3.28. The highest BCUT2D eigenvalue weighted by Crippen LogP contribution is 2.58. The van der Waals surface area contributed by atoms with Crippen LogP contribution in [-0.4, -0.2) is 19.0 Å². The second kappa shape index (κ2) is 6.51. The first-order chi connectivity index (χ1) is 11.7. The lowest BCUT2D eigenvalue weighted by atomic mass is 9.91. The van der Waals surface area contributed by atoms with Crippen LogP contribution in [0.3, 0.4) is 0 Å². The SMILES string of the molecule is O=C(NC(c1ccc(Cl)cc1)c1ccsc1)C1CC12CCNCC2. The highest BCUT2D eigenvalue weighted by Gasteiger charge is 2.57. The highest BCUT2D eigenvalue weighted by molar-refractivity contribution is 7.08. The molecule has 1 aliphatic carbocycles. The van der Waals surface area contributed by atoms with E-state index in [1.165, 1.54) is 0 Å². The van der Waals surface area contributed by atoms with Gasteiger partial charge in [0.15, 0.2) is 0 Å². The third-order valence-electron chi connectivity index (χ3n) is 5.47. The van der Waals surface area contributed by atoms with Gasteiger partial charge in [0.2, 0.25) is 5.91 Å². The summed E-state index contributed by atoms with van der Waals surface area (Å²) in [5, 5.41) is 11.6. The van der Waals surface area contributed by atoms with E-state index < -0.39 is 0 Å². The molecule has 4 rings (SSSR count). The van der Waals surface area contributed by atoms with Crippen LogP contribution < -0.4 is 10.6 Å². The Bertz CT molecular complexity index is 707. The van der Waals surface area contributed by atoms with E-state index in [0.717, 1.165) is 43.5 Å². The first kappa shape index (κ1) is 16.1. The number of hydrogen-bond acceptors (Lipinski definition) is 3. The first-order valence-electron chi connectivity index (χ1n) is 8.47. The molecule has 1 spiro atoms. The van der Waals surface area contributed by atoms with Gasteiger partial charge in [0.1, 0.15) is 0 Å². The van der Waals surface area contributed by atoms with Crippen LogP contribution in [0.15, 0.2) is 41.1 Å². The predicted octanol–water partition coefficient (Wildman–Crippen LogP) is 4.00. The second-order valence-electron chi connectivity index (χ2n) is 6.92. The van der Waals surface area contributed by atoms with Crippen molar-refractivity contribution in [1.29, 1.82) is 0 Å². The average Bonchev–Trinajstić information content (AvgIpc) is 3.04. The van der Waals surface area contributed by atoms with Crippen LogP contribution in [0.1, 0.15) is 36.4 Å². The van der Waals surface area contributed by atoms with Crippen LogP contribution >= 0.6 is 22.9 Å². The molecule has 2 atom stereocenters. The Morgan fingerprint density at radius 3 is 2.62 bits per heavy atom. The number of amides is 1. The molecule has 126 valence electrons. The maximum Gasteiger partial charge on any atom is 0.224 e. The molecule has 2 fully saturated rings. The Balaban J connectivity index is 1.52. The van der Waals surface area contributed by atoms with Gasteiger partial charge < -0.3 is 10.6 Å². The average molecular weight is 361 g/mol. The van der Waals surface area contributed by atoms with Gasteiger partial charge in [-0.1, -0.05) is 23.7 Å². The molecule has 0 bridgehead atoms. The van der Waals surface area contributed by atoms with E-state index in [9.17, 15) is 4.79 Å². The third-order valence-corrected chi connectivity index (χ3v) is 6.43. The fraction of sp³-hybridized carbons (Fsp3) is 0.421. The lowest BCUT2D eigenvalue weighted by Crippen LogP contribution is -2.35. The number of carbonyl (C=O) groups is 1. The highest BCUT2D eigenvalue weighted by atomic mass is 35.5. The normalized spacial score (nSPS) is 23.0. The van der Waals surface area contributed by atoms with Crippen molar-refractivity contribution in [2.45, 2.75) is 25.3 Å². The number of carbonyl (C=O) groups excluding carboxylic acids is 1. The van der Waals surface area contributed by atoms with Gasteiger partial charge in [0, 0.05) is 10.9 Å². The van der Waals surface area contributed by atoms with Crippen molar-refractivity contribution in [3.63, 3.8) is 0 Å². The summed E-state index contributed by atoms with van der Waals surface area (Å²) >= 11 is 7.67. The zero-order valence-electron chi connectivity index (χ0n) is 13.4. The monoisotopic (exact) mass is 360 g/mol. The lowest BCUT2D eigenvalue weighted by molar-refractivity contribution is -0.123. The zero-order valence-corrected chi connectivity index (χ0v) is 15.0. The van der Waals surface area contributed by atoms with Crippen LogP contribution in [0.5, 0.6) is 0 Å². The Morgan fingerprint density at radius 2 is 1.96 bits per heavy atom. The summed E-state index contributed by atoms with van der Waals surface area (Å²) in [6.45, 7) is 2.07. The van der Waals surface area contributed by atoms with E-state index in [1.807, 2.05) is 24.3 Å². The molecule has 5 heteroatoms. The molecule has 1 saturated heterocycles. The maximum atomic E-state index is 12.9. The van der Waals surface area contributed by atoms with E-state index in [-0.39, 0.29) is 23.3 Å². The summed E-state index contributed by atoms with van der Waals surface area (Å²) in [6, 6.07) is 9.75. The number of nitrogens with one attached hydrogen (secondary N) is 2. The van der Waals surface area contributed by atoms with Gasteiger partial charge in [-0.05, 0) is 77.9 Å². The number of benzene rings is 1. The molecular formula is C19H21ClN2OS. The van der Waals surface area contributed by atoms with E-state index in [1.54, 1.807) is 11.3 Å². The summed E-state index contributed by atoms with van der Waals surface area (Å²) in [7, 11) is 0. The molecule has 1 saturated carbocycles. The third kappa shape index (κ3) is 3.10. The molecule has 2 heterocycles. The number of thiophene rings is 1. The number of piperidine rings is 1. The Labute approximate surface area is 151 Å². The summed E-state index contributed by atoms with van der Waals surface area (Å²) in [5.41, 5.74) is 2.47. The molecule has 2 aromatic rings. The molecule has 1 aromatic heterocycles. The van der Waals surface area contributed by atoms with Crippen molar-refractivity contribution in [3.8, 4) is 0 Å². The minimum Gasteiger partial charge on any atom is -0.345 e. The zero-order chi connectivity index (χ0) is 16.6. The first-order valence-corrected chi connectivity index (χ1v) is 9.79. The predicted molar refractivity (Wildman–Crippen MR) is 98.4 cm³/mol. The Kier molecular flexibility index (Phi) is 4.37. The number of hydrogen-bond donors (Lipinski definition) is 2. The van der Waals surface area contributed by atoms with Crippen molar-refractivity contribution in [3.05, 3.63) is 57.2 Å². The van der Waals surface area contributed by atoms with Crippen molar-refractivity contribution < 1.29 is 4.79 Å². The van der Waals surface area contributed by atoms with Gasteiger partial charge >= 0.3 is 0 Å². The molecule has 1 aliphatic heterocycles. The van der Waals surface area contributed by atoms with Crippen molar-refractivity contribution in [2.24, 2.45) is 11.3 Å². The quantitative estimate of drug-likeness (QED) is 0.865. The molecule has 24 heavy (non-hydrogen) atoms. The maximum absolute atomic E-state index is 12.9. The fourth-order valence-corrected chi connectivity index (χ4v) is 4.70. The van der Waals surface area contributed by atoms with E-state index in [2.05, 4.69) is 27.5 Å². The number of rotatable bonds is 4. The summed E-state index contributed by atoms with van der Waals surface area (Å²) < 4.78 is 0. The Morgan fingerprint density at radius 1 is 1.21 bits per heavy atom. The van der Waals surface area contributed by atoms with E-state index >= 15 is 0 Å². The van der Waals surface area contributed by atoms with E-state index in [4.69, 9.17) is 11.6 Å². The molecule has 1 aromatic carbocycles. The van der Waals surface area contributed by atoms with Crippen molar-refractivity contribution >= 4 is 28.8 Å². The fourth-order valence-electron chi connectivity index (χ4n) is 3.89. The van der Waals surface area contributed by atoms with Crippen molar-refractivity contribution in [1.82, 2.24) is 10.6 Å². The van der Waals surface area contributed by atoms with Gasteiger partial charge in [0.25, 0.3) is 0 Å². The minimum absolute atomic E-state index is 0.0969. The van der Waals surface area contributed by atoms with Gasteiger partial charge in [-0.25, -0.2) is 0 Å². The second-order valence-corrected chi connectivity index (χ2v) is 8.14. The molecule has 2 unspecified atom stereocenters. The molecular weight excluding hydrogens is 340 g/mol. The van der Waals surface area contributed by atoms with Crippen molar-refractivity contribution in [2.75, 3.05) is 13.1 Å². The molecule has 1 amide bonds. The van der Waals surface area contributed by atoms with Gasteiger partial charge in [-0.15, -0.1) is 0 Å². The topological polar surface area (TPSA) is 41.1 Å². The largest absolute Gasteiger partial charge is 0.345 e. The lowest BCUT2D eigenvalue weighted by Gasteiger charge is -2.24.